The number of aromatic hydroxyl groups is 1. The summed E-state index contributed by atoms with van der Waals surface area (Å²) in [6.45, 7) is 2.71. The lowest BCUT2D eigenvalue weighted by Crippen LogP contribution is -2.37. The Bertz CT molecular complexity index is 1810. The maximum atomic E-state index is 13.5. The topological polar surface area (TPSA) is 114 Å². The van der Waals surface area contributed by atoms with Crippen molar-refractivity contribution in [3.63, 3.8) is 0 Å². The fourth-order valence-corrected chi connectivity index (χ4v) is 5.10. The number of halogens is 1. The molecular weight excluding hydrogens is 532 g/mol. The molecule has 2 aromatic carbocycles. The SMILES string of the molecule is O=C(Cn1c(=O)c(-c2ccccc2)cc2cccnc21)N=Nc1c(O)n(CN2CCOCC2)c2ccc(Cl)cc12. The van der Waals surface area contributed by atoms with Crippen LogP contribution in [0.25, 0.3) is 33.1 Å². The Hall–Kier alpha value is -4.38. The number of azo groups is 1. The summed E-state index contributed by atoms with van der Waals surface area (Å²) in [5, 5.41) is 20.9. The van der Waals surface area contributed by atoms with Crippen LogP contribution in [-0.4, -0.2) is 56.3 Å². The van der Waals surface area contributed by atoms with Gasteiger partial charge < -0.3 is 9.84 Å². The van der Waals surface area contributed by atoms with E-state index in [4.69, 9.17) is 16.3 Å². The van der Waals surface area contributed by atoms with Gasteiger partial charge in [0.1, 0.15) is 12.2 Å². The third-order valence-corrected chi connectivity index (χ3v) is 7.14. The van der Waals surface area contributed by atoms with Gasteiger partial charge >= 0.3 is 0 Å². The molecule has 4 heterocycles. The molecule has 1 amide bonds. The Morgan fingerprint density at radius 2 is 1.82 bits per heavy atom. The van der Waals surface area contributed by atoms with Crippen molar-refractivity contribution in [2.24, 2.45) is 10.2 Å². The van der Waals surface area contributed by atoms with Crippen LogP contribution < -0.4 is 5.56 Å². The van der Waals surface area contributed by atoms with Crippen LogP contribution in [-0.2, 0) is 22.7 Å². The van der Waals surface area contributed by atoms with Gasteiger partial charge in [-0.15, -0.1) is 10.2 Å². The van der Waals surface area contributed by atoms with Crippen molar-refractivity contribution in [2.75, 3.05) is 26.3 Å². The highest BCUT2D eigenvalue weighted by molar-refractivity contribution is 6.31. The fraction of sp³-hybridized carbons (Fsp3) is 0.207. The van der Waals surface area contributed by atoms with Gasteiger partial charge in [-0.05, 0) is 42.0 Å². The standard InChI is InChI=1S/C29H25ClN6O4/c30-21-8-9-24-23(16-21)26(29(39)36(24)18-34-11-13-40-14-12-34)33-32-25(37)17-35-27-20(7-4-10-31-27)15-22(28(35)38)19-5-2-1-3-6-19/h1-10,15-16,39H,11-14,17-18H2. The molecule has 1 aliphatic rings. The number of carbonyl (C=O) groups is 1. The van der Waals surface area contributed by atoms with Crippen LogP contribution in [0, 0.1) is 0 Å². The van der Waals surface area contributed by atoms with Gasteiger partial charge in [0.05, 0.1) is 25.4 Å². The first-order valence-corrected chi connectivity index (χ1v) is 13.2. The number of fused-ring (bicyclic) bond motifs is 2. The van der Waals surface area contributed by atoms with Crippen LogP contribution in [0.15, 0.2) is 87.9 Å². The number of nitrogens with zero attached hydrogens (tertiary/aromatic N) is 6. The average Bonchev–Trinajstić information content (AvgIpc) is 3.23. The van der Waals surface area contributed by atoms with E-state index in [0.29, 0.717) is 52.4 Å². The van der Waals surface area contributed by atoms with Gasteiger partial charge in [-0.2, -0.15) is 0 Å². The van der Waals surface area contributed by atoms with Crippen molar-refractivity contribution in [1.82, 2.24) is 19.0 Å². The number of hydrogen-bond donors (Lipinski definition) is 1. The van der Waals surface area contributed by atoms with E-state index in [9.17, 15) is 14.7 Å². The number of hydrogen-bond acceptors (Lipinski definition) is 7. The molecule has 0 aliphatic carbocycles. The predicted molar refractivity (Wildman–Crippen MR) is 152 cm³/mol. The molecule has 0 radical (unpaired) electrons. The minimum absolute atomic E-state index is 0.129. The molecule has 202 valence electrons. The van der Waals surface area contributed by atoms with Crippen LogP contribution in [0.3, 0.4) is 0 Å². The Labute approximate surface area is 233 Å². The van der Waals surface area contributed by atoms with Crippen molar-refractivity contribution < 1.29 is 14.6 Å². The van der Waals surface area contributed by atoms with E-state index >= 15 is 0 Å². The second kappa shape index (κ2) is 11.0. The first-order chi connectivity index (χ1) is 19.5. The fourth-order valence-electron chi connectivity index (χ4n) is 4.93. The molecule has 0 atom stereocenters. The van der Waals surface area contributed by atoms with Crippen molar-refractivity contribution in [3.8, 4) is 17.0 Å². The average molecular weight is 557 g/mol. The molecular formula is C29H25ClN6O4. The predicted octanol–water partition coefficient (Wildman–Crippen LogP) is 4.98. The first-order valence-electron chi connectivity index (χ1n) is 12.8. The largest absolute Gasteiger partial charge is 0.493 e. The summed E-state index contributed by atoms with van der Waals surface area (Å²) < 4.78 is 8.44. The second-order valence-electron chi connectivity index (χ2n) is 9.46. The lowest BCUT2D eigenvalue weighted by molar-refractivity contribution is -0.118. The molecule has 1 N–H and O–H groups in total. The highest BCUT2D eigenvalue weighted by Crippen LogP contribution is 2.40. The summed E-state index contributed by atoms with van der Waals surface area (Å²) in [4.78, 5) is 33.0. The maximum Gasteiger partial charge on any atom is 0.284 e. The quantitative estimate of drug-likeness (QED) is 0.295. The van der Waals surface area contributed by atoms with Crippen LogP contribution in [0.5, 0.6) is 5.88 Å². The maximum absolute atomic E-state index is 13.5. The summed E-state index contributed by atoms with van der Waals surface area (Å²) in [5.74, 6) is -0.801. The third-order valence-electron chi connectivity index (χ3n) is 6.90. The molecule has 5 aromatic rings. The molecule has 3 aromatic heterocycles. The molecule has 1 aliphatic heterocycles. The minimum Gasteiger partial charge on any atom is -0.493 e. The third kappa shape index (κ3) is 5.00. The molecule has 0 saturated carbocycles. The zero-order valence-electron chi connectivity index (χ0n) is 21.4. The van der Waals surface area contributed by atoms with E-state index in [1.807, 2.05) is 36.4 Å². The van der Waals surface area contributed by atoms with E-state index in [2.05, 4.69) is 20.1 Å². The number of rotatable bonds is 6. The van der Waals surface area contributed by atoms with Gasteiger partial charge in [0.25, 0.3) is 11.5 Å². The van der Waals surface area contributed by atoms with Crippen LogP contribution in [0.1, 0.15) is 0 Å². The zero-order chi connectivity index (χ0) is 27.6. The van der Waals surface area contributed by atoms with Gasteiger partial charge in [-0.3, -0.25) is 23.6 Å². The summed E-state index contributed by atoms with van der Waals surface area (Å²) in [5.41, 5.74) is 2.02. The molecule has 0 bridgehead atoms. The molecule has 0 spiro atoms. The van der Waals surface area contributed by atoms with E-state index < -0.39 is 5.91 Å². The number of ether oxygens (including phenoxy) is 1. The highest BCUT2D eigenvalue weighted by atomic mass is 35.5. The number of morpholine rings is 1. The second-order valence-corrected chi connectivity index (χ2v) is 9.90. The van der Waals surface area contributed by atoms with Crippen molar-refractivity contribution in [1.29, 1.82) is 0 Å². The monoisotopic (exact) mass is 556 g/mol. The Balaban J connectivity index is 1.35. The smallest absolute Gasteiger partial charge is 0.284 e. The zero-order valence-corrected chi connectivity index (χ0v) is 22.2. The van der Waals surface area contributed by atoms with Crippen LogP contribution in [0.2, 0.25) is 5.02 Å². The number of benzene rings is 2. The number of amides is 1. The van der Waals surface area contributed by atoms with E-state index in [1.165, 1.54) is 4.57 Å². The Morgan fingerprint density at radius 3 is 2.62 bits per heavy atom. The van der Waals surface area contributed by atoms with Crippen molar-refractivity contribution in [3.05, 3.63) is 88.3 Å². The first kappa shape index (κ1) is 25.9. The molecule has 11 heteroatoms. The van der Waals surface area contributed by atoms with Gasteiger partial charge in [0, 0.05) is 40.6 Å². The van der Waals surface area contributed by atoms with Crippen LogP contribution >= 0.6 is 11.6 Å². The van der Waals surface area contributed by atoms with Gasteiger partial charge in [0.2, 0.25) is 5.88 Å². The normalized spacial score (nSPS) is 14.4. The molecule has 1 fully saturated rings. The molecule has 10 nitrogen and oxygen atoms in total. The highest BCUT2D eigenvalue weighted by Gasteiger charge is 2.21. The van der Waals surface area contributed by atoms with Gasteiger partial charge in [-0.1, -0.05) is 41.9 Å². The van der Waals surface area contributed by atoms with Gasteiger partial charge in [0.15, 0.2) is 5.69 Å². The molecule has 1 saturated heterocycles. The number of carbonyl (C=O) groups excluding carboxylic acids is 1. The summed E-state index contributed by atoms with van der Waals surface area (Å²) >= 11 is 6.25. The van der Waals surface area contributed by atoms with Crippen molar-refractivity contribution in [2.45, 2.75) is 13.2 Å². The Morgan fingerprint density at radius 1 is 1.02 bits per heavy atom. The summed E-state index contributed by atoms with van der Waals surface area (Å²) in [6.07, 6.45) is 1.57. The summed E-state index contributed by atoms with van der Waals surface area (Å²) in [6, 6.07) is 19.8. The molecule has 0 unspecified atom stereocenters. The number of pyridine rings is 2. The van der Waals surface area contributed by atoms with Gasteiger partial charge in [-0.25, -0.2) is 4.98 Å². The lowest BCUT2D eigenvalue weighted by atomic mass is 10.1. The van der Waals surface area contributed by atoms with E-state index in [-0.39, 0.29) is 23.7 Å². The molecule has 40 heavy (non-hydrogen) atoms. The van der Waals surface area contributed by atoms with Crippen LogP contribution in [0.4, 0.5) is 5.69 Å². The number of aromatic nitrogens is 3. The lowest BCUT2D eigenvalue weighted by Gasteiger charge is -2.27. The van der Waals surface area contributed by atoms with Crippen molar-refractivity contribution >= 4 is 45.1 Å². The molecule has 6 rings (SSSR count). The van der Waals surface area contributed by atoms with E-state index in [0.717, 1.165) is 18.7 Å². The summed E-state index contributed by atoms with van der Waals surface area (Å²) in [7, 11) is 0. The minimum atomic E-state index is -0.672. The van der Waals surface area contributed by atoms with E-state index in [1.54, 1.807) is 41.1 Å². The Kier molecular flexibility index (Phi) is 7.12.